The summed E-state index contributed by atoms with van der Waals surface area (Å²) in [6, 6.07) is 14.5. The molecule has 0 saturated carbocycles. The van der Waals surface area contributed by atoms with Gasteiger partial charge in [-0.1, -0.05) is 42.5 Å². The van der Waals surface area contributed by atoms with E-state index in [1.165, 1.54) is 11.1 Å². The van der Waals surface area contributed by atoms with Gasteiger partial charge < -0.3 is 10.1 Å². The maximum absolute atomic E-state index is 12.6. The summed E-state index contributed by atoms with van der Waals surface area (Å²) >= 11 is 0. The number of nitrogens with zero attached hydrogens (tertiary/aromatic N) is 3. The molecule has 0 aliphatic heterocycles. The van der Waals surface area contributed by atoms with Gasteiger partial charge in [-0.3, -0.25) is 14.4 Å². The molecule has 0 spiro atoms. The molecule has 1 aromatic heterocycles. The Bertz CT molecular complexity index is 1050. The minimum absolute atomic E-state index is 0.00376. The van der Waals surface area contributed by atoms with Crippen LogP contribution in [0.4, 0.5) is 0 Å². The van der Waals surface area contributed by atoms with Crippen molar-refractivity contribution in [1.29, 1.82) is 0 Å². The average Bonchev–Trinajstić information content (AvgIpc) is 2.99. The molecule has 6 heteroatoms. The van der Waals surface area contributed by atoms with Crippen LogP contribution in [0.1, 0.15) is 39.2 Å². The zero-order valence-corrected chi connectivity index (χ0v) is 20.0. The highest BCUT2D eigenvalue weighted by molar-refractivity contribution is 5.78. The number of benzene rings is 2. The first-order valence-corrected chi connectivity index (χ1v) is 10.9. The maximum Gasteiger partial charge on any atom is 0.234 e. The fourth-order valence-corrected chi connectivity index (χ4v) is 4.21. The van der Waals surface area contributed by atoms with E-state index in [1.54, 1.807) is 7.11 Å². The molecule has 0 bridgehead atoms. The summed E-state index contributed by atoms with van der Waals surface area (Å²) in [6.07, 6.45) is 0. The van der Waals surface area contributed by atoms with Crippen LogP contribution in [0.25, 0.3) is 0 Å². The number of nitrogens with one attached hydrogen (secondary N) is 1. The number of methoxy groups -OCH3 is 1. The van der Waals surface area contributed by atoms with Gasteiger partial charge in [-0.25, -0.2) is 0 Å². The SMILES string of the molecule is COc1c(C)cc(CN(C)CC(=O)NCc2c(C)nn(Cc3ccccc3)c2C)cc1C. The van der Waals surface area contributed by atoms with E-state index in [4.69, 9.17) is 4.74 Å². The molecule has 0 saturated heterocycles. The van der Waals surface area contributed by atoms with Crippen molar-refractivity contribution in [2.45, 2.75) is 47.3 Å². The van der Waals surface area contributed by atoms with Crippen LogP contribution in [-0.2, 0) is 24.4 Å². The third-order valence-electron chi connectivity index (χ3n) is 5.76. The Morgan fingerprint density at radius 3 is 2.34 bits per heavy atom. The first kappa shape index (κ1) is 23.5. The summed E-state index contributed by atoms with van der Waals surface area (Å²) in [5, 5.41) is 7.74. The first-order chi connectivity index (χ1) is 15.3. The lowest BCUT2D eigenvalue weighted by Crippen LogP contribution is -2.34. The van der Waals surface area contributed by atoms with Gasteiger partial charge in [0.25, 0.3) is 0 Å². The Morgan fingerprint density at radius 2 is 1.72 bits per heavy atom. The molecule has 170 valence electrons. The van der Waals surface area contributed by atoms with Crippen molar-refractivity contribution in [2.24, 2.45) is 0 Å². The molecule has 1 N–H and O–H groups in total. The molecule has 1 heterocycles. The predicted molar refractivity (Wildman–Crippen MR) is 128 cm³/mol. The molecular weight excluding hydrogens is 400 g/mol. The lowest BCUT2D eigenvalue weighted by atomic mass is 10.1. The number of hydrogen-bond acceptors (Lipinski definition) is 4. The van der Waals surface area contributed by atoms with Crippen LogP contribution >= 0.6 is 0 Å². The van der Waals surface area contributed by atoms with Crippen molar-refractivity contribution in [2.75, 3.05) is 20.7 Å². The highest BCUT2D eigenvalue weighted by atomic mass is 16.5. The van der Waals surface area contributed by atoms with E-state index in [0.29, 0.717) is 19.6 Å². The molecule has 0 aliphatic rings. The van der Waals surface area contributed by atoms with Gasteiger partial charge in [0.05, 0.1) is 25.9 Å². The number of carbonyl (C=O) groups excluding carboxylic acids is 1. The van der Waals surface area contributed by atoms with Crippen LogP contribution in [0, 0.1) is 27.7 Å². The van der Waals surface area contributed by atoms with Crippen molar-refractivity contribution < 1.29 is 9.53 Å². The Hall–Kier alpha value is -3.12. The Morgan fingerprint density at radius 1 is 1.06 bits per heavy atom. The van der Waals surface area contributed by atoms with E-state index < -0.39 is 0 Å². The van der Waals surface area contributed by atoms with Crippen LogP contribution in [0.5, 0.6) is 5.75 Å². The predicted octanol–water partition coefficient (Wildman–Crippen LogP) is 3.92. The summed E-state index contributed by atoms with van der Waals surface area (Å²) < 4.78 is 7.45. The van der Waals surface area contributed by atoms with Crippen LogP contribution in [0.3, 0.4) is 0 Å². The number of aromatic nitrogens is 2. The highest BCUT2D eigenvalue weighted by Crippen LogP contribution is 2.24. The van der Waals surface area contributed by atoms with Gasteiger partial charge in [-0.15, -0.1) is 0 Å². The molecule has 0 aliphatic carbocycles. The number of ether oxygens (including phenoxy) is 1. The van der Waals surface area contributed by atoms with E-state index in [9.17, 15) is 4.79 Å². The second-order valence-electron chi connectivity index (χ2n) is 8.50. The van der Waals surface area contributed by atoms with Crippen LogP contribution in [0.2, 0.25) is 0 Å². The summed E-state index contributed by atoms with van der Waals surface area (Å²) in [4.78, 5) is 14.6. The quantitative estimate of drug-likeness (QED) is 0.555. The average molecular weight is 435 g/mol. The number of hydrogen-bond donors (Lipinski definition) is 1. The zero-order valence-electron chi connectivity index (χ0n) is 20.0. The van der Waals surface area contributed by atoms with Crippen molar-refractivity contribution in [3.63, 3.8) is 0 Å². The summed E-state index contributed by atoms with van der Waals surface area (Å²) in [7, 11) is 3.66. The number of likely N-dealkylation sites (N-methyl/N-ethyl adjacent to an activating group) is 1. The van der Waals surface area contributed by atoms with Gasteiger partial charge in [0.2, 0.25) is 5.91 Å². The second-order valence-corrected chi connectivity index (χ2v) is 8.50. The fourth-order valence-electron chi connectivity index (χ4n) is 4.21. The smallest absolute Gasteiger partial charge is 0.234 e. The maximum atomic E-state index is 12.6. The number of aryl methyl sites for hydroxylation is 3. The Labute approximate surface area is 191 Å². The standard InChI is InChI=1S/C26H34N4O2/c1-18-12-23(13-19(2)26(18)32-6)15-29(5)17-25(31)27-14-24-20(3)28-30(21(24)4)16-22-10-8-7-9-11-22/h7-13H,14-17H2,1-6H3,(H,27,31). The van der Waals surface area contributed by atoms with E-state index in [2.05, 4.69) is 41.6 Å². The Kier molecular flexibility index (Phi) is 7.70. The van der Waals surface area contributed by atoms with Crippen LogP contribution in [-0.4, -0.2) is 41.3 Å². The zero-order chi connectivity index (χ0) is 23.3. The van der Waals surface area contributed by atoms with Crippen molar-refractivity contribution in [1.82, 2.24) is 20.0 Å². The van der Waals surface area contributed by atoms with Crippen molar-refractivity contribution >= 4 is 5.91 Å². The lowest BCUT2D eigenvalue weighted by molar-refractivity contribution is -0.122. The second kappa shape index (κ2) is 10.5. The van der Waals surface area contributed by atoms with Gasteiger partial charge >= 0.3 is 0 Å². The van der Waals surface area contributed by atoms with E-state index >= 15 is 0 Å². The third kappa shape index (κ3) is 5.77. The van der Waals surface area contributed by atoms with Gasteiger partial charge in [-0.05, 0) is 57.0 Å². The first-order valence-electron chi connectivity index (χ1n) is 10.9. The largest absolute Gasteiger partial charge is 0.496 e. The van der Waals surface area contributed by atoms with Gasteiger partial charge in [0.1, 0.15) is 5.75 Å². The van der Waals surface area contributed by atoms with Crippen LogP contribution in [0.15, 0.2) is 42.5 Å². The molecule has 3 rings (SSSR count). The number of amides is 1. The van der Waals surface area contributed by atoms with Crippen LogP contribution < -0.4 is 10.1 Å². The minimum atomic E-state index is 0.00376. The molecule has 0 unspecified atom stereocenters. The minimum Gasteiger partial charge on any atom is -0.496 e. The summed E-state index contributed by atoms with van der Waals surface area (Å²) in [5.41, 5.74) is 7.72. The molecule has 0 radical (unpaired) electrons. The third-order valence-corrected chi connectivity index (χ3v) is 5.76. The Balaban J connectivity index is 1.56. The molecule has 2 aromatic carbocycles. The molecule has 6 nitrogen and oxygen atoms in total. The van der Waals surface area contributed by atoms with Gasteiger partial charge in [0.15, 0.2) is 0 Å². The summed E-state index contributed by atoms with van der Waals surface area (Å²) in [5.74, 6) is 0.928. The molecule has 0 fully saturated rings. The molecule has 1 amide bonds. The fraction of sp³-hybridized carbons (Fsp3) is 0.385. The van der Waals surface area contributed by atoms with Crippen molar-refractivity contribution in [3.05, 3.63) is 81.7 Å². The highest BCUT2D eigenvalue weighted by Gasteiger charge is 2.14. The molecule has 32 heavy (non-hydrogen) atoms. The van der Waals surface area contributed by atoms with Crippen molar-refractivity contribution in [3.8, 4) is 5.75 Å². The normalized spacial score (nSPS) is 11.1. The van der Waals surface area contributed by atoms with Gasteiger partial charge in [0, 0.05) is 24.3 Å². The molecule has 0 atom stereocenters. The molecular formula is C26H34N4O2. The van der Waals surface area contributed by atoms with Gasteiger partial charge in [-0.2, -0.15) is 5.10 Å². The molecule has 3 aromatic rings. The topological polar surface area (TPSA) is 59.4 Å². The monoisotopic (exact) mass is 434 g/mol. The van der Waals surface area contributed by atoms with E-state index in [0.717, 1.165) is 40.4 Å². The lowest BCUT2D eigenvalue weighted by Gasteiger charge is -2.18. The van der Waals surface area contributed by atoms with E-state index in [1.807, 2.05) is 55.6 Å². The summed E-state index contributed by atoms with van der Waals surface area (Å²) in [6.45, 7) is 10.4. The number of rotatable bonds is 9. The van der Waals surface area contributed by atoms with E-state index in [-0.39, 0.29) is 5.91 Å². The number of carbonyl (C=O) groups is 1.